The summed E-state index contributed by atoms with van der Waals surface area (Å²) in [6.45, 7) is 1.83. The van der Waals surface area contributed by atoms with Crippen molar-refractivity contribution < 1.29 is 9.53 Å². The molecule has 0 bridgehead atoms. The van der Waals surface area contributed by atoms with Gasteiger partial charge in [0.2, 0.25) is 0 Å². The van der Waals surface area contributed by atoms with Gasteiger partial charge in [0.05, 0.1) is 18.5 Å². The van der Waals surface area contributed by atoms with Gasteiger partial charge in [-0.2, -0.15) is 0 Å². The molecule has 1 N–H and O–H groups in total. The van der Waals surface area contributed by atoms with Gasteiger partial charge in [-0.05, 0) is 42.8 Å². The molecule has 0 fully saturated rings. The number of rotatable bonds is 4. The van der Waals surface area contributed by atoms with E-state index < -0.39 is 0 Å². The van der Waals surface area contributed by atoms with E-state index in [0.717, 1.165) is 28.0 Å². The van der Waals surface area contributed by atoms with Crippen LogP contribution in [0.3, 0.4) is 0 Å². The molecule has 4 heteroatoms. The highest BCUT2D eigenvalue weighted by Crippen LogP contribution is 2.22. The Morgan fingerprint density at radius 2 is 1.78 bits per heavy atom. The van der Waals surface area contributed by atoms with Gasteiger partial charge in [-0.1, -0.05) is 30.3 Å². The number of nitrogens with one attached hydrogen (secondary N) is 1. The van der Waals surface area contributed by atoms with Crippen LogP contribution in [-0.4, -0.2) is 18.1 Å². The fraction of sp³-hybridized carbons (Fsp3) is 0.158. The lowest BCUT2D eigenvalue weighted by atomic mass is 10.0. The summed E-state index contributed by atoms with van der Waals surface area (Å²) in [4.78, 5) is 16.1. The van der Waals surface area contributed by atoms with Gasteiger partial charge in [-0.15, -0.1) is 0 Å². The Bertz CT molecular complexity index is 828. The van der Waals surface area contributed by atoms with Gasteiger partial charge < -0.3 is 10.1 Å². The van der Waals surface area contributed by atoms with Crippen LogP contribution >= 0.6 is 0 Å². The van der Waals surface area contributed by atoms with Crippen LogP contribution in [0.4, 0.5) is 11.5 Å². The van der Waals surface area contributed by atoms with E-state index in [1.54, 1.807) is 0 Å². The lowest BCUT2D eigenvalue weighted by molar-refractivity contribution is -0.141. The highest BCUT2D eigenvalue weighted by atomic mass is 16.5. The molecule has 4 nitrogen and oxygen atoms in total. The first-order chi connectivity index (χ1) is 11.2. The summed E-state index contributed by atoms with van der Waals surface area (Å²) in [5.41, 5.74) is 2.80. The molecule has 23 heavy (non-hydrogen) atoms. The molecule has 3 rings (SSSR count). The summed E-state index contributed by atoms with van der Waals surface area (Å²) in [7, 11) is 1.40. The molecule has 0 amide bonds. The topological polar surface area (TPSA) is 51.2 Å². The number of pyridine rings is 1. The number of hydrogen-bond acceptors (Lipinski definition) is 4. The van der Waals surface area contributed by atoms with E-state index >= 15 is 0 Å². The Hall–Kier alpha value is -2.88. The lowest BCUT2D eigenvalue weighted by Gasteiger charge is -2.11. The van der Waals surface area contributed by atoms with Crippen LogP contribution in [0.15, 0.2) is 60.7 Å². The molecule has 0 unspecified atom stereocenters. The minimum atomic E-state index is -0.271. The molecule has 1 aromatic heterocycles. The van der Waals surface area contributed by atoms with E-state index in [0.29, 0.717) is 0 Å². The average molecular weight is 306 g/mol. The number of aromatic nitrogens is 1. The summed E-state index contributed by atoms with van der Waals surface area (Å²) < 4.78 is 4.77. The molecule has 3 aromatic rings. The van der Waals surface area contributed by atoms with Crippen molar-refractivity contribution >= 4 is 28.4 Å². The fourth-order valence-electron chi connectivity index (χ4n) is 2.45. The monoisotopic (exact) mass is 306 g/mol. The van der Waals surface area contributed by atoms with E-state index in [-0.39, 0.29) is 11.9 Å². The van der Waals surface area contributed by atoms with E-state index in [4.69, 9.17) is 4.74 Å². The van der Waals surface area contributed by atoms with Gasteiger partial charge >= 0.3 is 5.97 Å². The molecule has 0 aliphatic rings. The second kappa shape index (κ2) is 6.48. The molecule has 0 aliphatic heterocycles. The molecule has 2 aromatic carbocycles. The maximum absolute atomic E-state index is 11.6. The van der Waals surface area contributed by atoms with Gasteiger partial charge in [-0.3, -0.25) is 4.79 Å². The lowest BCUT2D eigenvalue weighted by Crippen LogP contribution is -2.10. The Labute approximate surface area is 135 Å². The third kappa shape index (κ3) is 3.31. The van der Waals surface area contributed by atoms with Crippen LogP contribution in [0.5, 0.6) is 0 Å². The molecule has 0 saturated carbocycles. The summed E-state index contributed by atoms with van der Waals surface area (Å²) in [5.74, 6) is 0.284. The number of nitrogens with zero attached hydrogens (tertiary/aromatic N) is 1. The third-order valence-electron chi connectivity index (χ3n) is 3.84. The maximum atomic E-state index is 11.6. The zero-order valence-electron chi connectivity index (χ0n) is 13.1. The molecule has 0 saturated heterocycles. The number of benzene rings is 2. The zero-order chi connectivity index (χ0) is 16.2. The van der Waals surface area contributed by atoms with Gasteiger partial charge in [-0.25, -0.2) is 4.98 Å². The second-order valence-corrected chi connectivity index (χ2v) is 5.38. The predicted molar refractivity (Wildman–Crippen MR) is 91.9 cm³/mol. The first-order valence-electron chi connectivity index (χ1n) is 7.48. The number of carbonyl (C=O) groups excluding carboxylic acids is 1. The van der Waals surface area contributed by atoms with E-state index in [1.807, 2.05) is 67.6 Å². The van der Waals surface area contributed by atoms with Crippen molar-refractivity contribution in [1.29, 1.82) is 0 Å². The van der Waals surface area contributed by atoms with Crippen molar-refractivity contribution in [2.45, 2.75) is 12.8 Å². The Kier molecular flexibility index (Phi) is 4.24. The number of hydrogen-bond donors (Lipinski definition) is 1. The first-order valence-corrected chi connectivity index (χ1v) is 7.48. The third-order valence-corrected chi connectivity index (χ3v) is 3.84. The molecule has 116 valence electrons. The van der Waals surface area contributed by atoms with Crippen molar-refractivity contribution in [3.05, 3.63) is 66.2 Å². The Morgan fingerprint density at radius 3 is 2.52 bits per heavy atom. The van der Waals surface area contributed by atoms with Crippen LogP contribution < -0.4 is 5.32 Å². The second-order valence-electron chi connectivity index (χ2n) is 5.38. The number of fused-ring (bicyclic) bond motifs is 1. The van der Waals surface area contributed by atoms with E-state index in [9.17, 15) is 4.79 Å². The number of anilines is 2. The molecule has 0 radical (unpaired) electrons. The smallest absolute Gasteiger partial charge is 0.312 e. The maximum Gasteiger partial charge on any atom is 0.312 e. The molecule has 0 aliphatic carbocycles. The summed E-state index contributed by atoms with van der Waals surface area (Å²) in [6, 6.07) is 19.7. The molecular weight excluding hydrogens is 288 g/mol. The standard InChI is InChI=1S/C19H18N2O2/c1-13(19(22)23-2)14-7-10-16(11-8-14)20-18-12-9-15-5-3-4-6-17(15)21-18/h3-13H,1-2H3,(H,20,21)/t13-/m1/s1. The molecule has 1 heterocycles. The van der Waals surface area contributed by atoms with Gasteiger partial charge in [0, 0.05) is 11.1 Å². The average Bonchev–Trinajstić information content (AvgIpc) is 2.61. The van der Waals surface area contributed by atoms with Gasteiger partial charge in [0.1, 0.15) is 5.82 Å². The fourth-order valence-corrected chi connectivity index (χ4v) is 2.45. The van der Waals surface area contributed by atoms with Gasteiger partial charge in [0.25, 0.3) is 0 Å². The highest BCUT2D eigenvalue weighted by Gasteiger charge is 2.15. The van der Waals surface area contributed by atoms with Crippen molar-refractivity contribution in [3.63, 3.8) is 0 Å². The van der Waals surface area contributed by atoms with Crippen molar-refractivity contribution in [2.75, 3.05) is 12.4 Å². The summed E-state index contributed by atoms with van der Waals surface area (Å²) in [5, 5.41) is 4.39. The van der Waals surface area contributed by atoms with Crippen molar-refractivity contribution in [2.24, 2.45) is 0 Å². The van der Waals surface area contributed by atoms with E-state index in [2.05, 4.69) is 10.3 Å². The minimum Gasteiger partial charge on any atom is -0.469 e. The van der Waals surface area contributed by atoms with Crippen molar-refractivity contribution in [1.82, 2.24) is 4.98 Å². The zero-order valence-corrected chi connectivity index (χ0v) is 13.1. The largest absolute Gasteiger partial charge is 0.469 e. The van der Waals surface area contributed by atoms with Crippen LogP contribution in [0.2, 0.25) is 0 Å². The minimum absolute atomic E-state index is 0.234. The van der Waals surface area contributed by atoms with E-state index in [1.165, 1.54) is 7.11 Å². The number of methoxy groups -OCH3 is 1. The first kappa shape index (κ1) is 15.0. The van der Waals surface area contributed by atoms with Crippen LogP contribution in [0.1, 0.15) is 18.4 Å². The number of carbonyl (C=O) groups is 1. The summed E-state index contributed by atoms with van der Waals surface area (Å²) >= 11 is 0. The normalized spacial score (nSPS) is 11.9. The summed E-state index contributed by atoms with van der Waals surface area (Å²) in [6.07, 6.45) is 0. The number of esters is 1. The van der Waals surface area contributed by atoms with Crippen molar-refractivity contribution in [3.8, 4) is 0 Å². The Balaban J connectivity index is 1.78. The number of ether oxygens (including phenoxy) is 1. The molecule has 1 atom stereocenters. The van der Waals surface area contributed by atoms with Gasteiger partial charge in [0.15, 0.2) is 0 Å². The van der Waals surface area contributed by atoms with Crippen LogP contribution in [0, 0.1) is 0 Å². The SMILES string of the molecule is COC(=O)[C@H](C)c1ccc(Nc2ccc3ccccc3n2)cc1. The van der Waals surface area contributed by atoms with Crippen LogP contribution in [0.25, 0.3) is 10.9 Å². The predicted octanol–water partition coefficient (Wildman–Crippen LogP) is 4.25. The number of para-hydroxylation sites is 1. The molecular formula is C19H18N2O2. The quantitative estimate of drug-likeness (QED) is 0.732. The highest BCUT2D eigenvalue weighted by molar-refractivity contribution is 5.81. The molecule has 0 spiro atoms. The Morgan fingerprint density at radius 1 is 1.04 bits per heavy atom. The van der Waals surface area contributed by atoms with Crippen LogP contribution in [-0.2, 0) is 9.53 Å².